The molecule has 114 valence electrons. The summed E-state index contributed by atoms with van der Waals surface area (Å²) in [5.74, 6) is 2.84. The second-order valence-corrected chi connectivity index (χ2v) is 7.15. The van der Waals surface area contributed by atoms with Crippen molar-refractivity contribution in [1.82, 2.24) is 0 Å². The van der Waals surface area contributed by atoms with Crippen LogP contribution in [0.3, 0.4) is 0 Å². The van der Waals surface area contributed by atoms with Gasteiger partial charge in [0.1, 0.15) is 6.26 Å². The van der Waals surface area contributed by atoms with Crippen LogP contribution in [0, 0.1) is 19.3 Å². The number of rotatable bonds is 2. The standard InChI is InChI=1S/C21H18OS/c1-5-18-15(3)20(19-11-6-14(2)12-21(18)19)13-16-7-9-17(10-8-16)23(4)22/h1,6-13H,2-4H3. The molecule has 1 aliphatic carbocycles. The first-order valence-electron chi connectivity index (χ1n) is 7.45. The minimum Gasteiger partial charge on any atom is -0.612 e. The zero-order chi connectivity index (χ0) is 16.6. The van der Waals surface area contributed by atoms with Crippen molar-refractivity contribution in [3.05, 3.63) is 70.3 Å². The number of hydrogen-bond donors (Lipinski definition) is 0. The van der Waals surface area contributed by atoms with Crippen molar-refractivity contribution in [2.24, 2.45) is 0 Å². The highest BCUT2D eigenvalue weighted by molar-refractivity contribution is 7.90. The van der Waals surface area contributed by atoms with Gasteiger partial charge in [0, 0.05) is 5.57 Å². The van der Waals surface area contributed by atoms with E-state index >= 15 is 0 Å². The largest absolute Gasteiger partial charge is 0.612 e. The Kier molecular flexibility index (Phi) is 4.17. The van der Waals surface area contributed by atoms with Gasteiger partial charge in [-0.15, -0.1) is 6.42 Å². The molecule has 0 bridgehead atoms. The predicted octanol–water partition coefficient (Wildman–Crippen LogP) is 4.69. The van der Waals surface area contributed by atoms with Crippen LogP contribution in [-0.4, -0.2) is 10.8 Å². The van der Waals surface area contributed by atoms with Crippen LogP contribution in [0.2, 0.25) is 0 Å². The molecule has 1 aliphatic rings. The molecule has 0 saturated heterocycles. The van der Waals surface area contributed by atoms with Gasteiger partial charge in [-0.1, -0.05) is 29.7 Å². The molecule has 2 aromatic carbocycles. The van der Waals surface area contributed by atoms with Crippen LogP contribution in [0.5, 0.6) is 0 Å². The zero-order valence-electron chi connectivity index (χ0n) is 13.5. The highest BCUT2D eigenvalue weighted by atomic mass is 32.2. The summed E-state index contributed by atoms with van der Waals surface area (Å²) in [4.78, 5) is 0.839. The van der Waals surface area contributed by atoms with Gasteiger partial charge in [0.05, 0.1) is 0 Å². The van der Waals surface area contributed by atoms with Gasteiger partial charge in [-0.05, 0) is 83.2 Å². The van der Waals surface area contributed by atoms with Gasteiger partial charge in [-0.2, -0.15) is 0 Å². The Bertz CT molecular complexity index is 862. The second kappa shape index (κ2) is 6.12. The fourth-order valence-electron chi connectivity index (χ4n) is 2.93. The summed E-state index contributed by atoms with van der Waals surface area (Å²) in [5.41, 5.74) is 7.89. The summed E-state index contributed by atoms with van der Waals surface area (Å²) in [5, 5.41) is 0. The van der Waals surface area contributed by atoms with Crippen LogP contribution in [0.4, 0.5) is 0 Å². The Labute approximate surface area is 140 Å². The van der Waals surface area contributed by atoms with Gasteiger partial charge in [0.2, 0.25) is 0 Å². The quantitative estimate of drug-likeness (QED) is 0.582. The number of hydrogen-bond acceptors (Lipinski definition) is 1. The molecule has 0 N–H and O–H groups in total. The van der Waals surface area contributed by atoms with E-state index in [4.69, 9.17) is 6.42 Å². The number of aryl methyl sites for hydroxylation is 1. The Morgan fingerprint density at radius 3 is 2.35 bits per heavy atom. The number of fused-ring (bicyclic) bond motifs is 1. The molecule has 2 heteroatoms. The third-order valence-electron chi connectivity index (χ3n) is 4.18. The lowest BCUT2D eigenvalue weighted by Gasteiger charge is -2.06. The number of terminal acetylenes is 1. The monoisotopic (exact) mass is 318 g/mol. The molecule has 2 aromatic rings. The van der Waals surface area contributed by atoms with Gasteiger partial charge in [0.15, 0.2) is 4.90 Å². The summed E-state index contributed by atoms with van der Waals surface area (Å²) in [6.45, 7) is 4.15. The lowest BCUT2D eigenvalue weighted by Crippen LogP contribution is -1.96. The number of allylic oxidation sites excluding steroid dienone is 3. The SMILES string of the molecule is C#CC1=C(C)C(=Cc2ccc([S+](C)[O-])cc2)c2ccc(C)cc21. The highest BCUT2D eigenvalue weighted by Gasteiger charge is 2.22. The fourth-order valence-corrected chi connectivity index (χ4v) is 3.45. The van der Waals surface area contributed by atoms with E-state index in [1.54, 1.807) is 6.26 Å². The highest BCUT2D eigenvalue weighted by Crippen LogP contribution is 2.42. The van der Waals surface area contributed by atoms with Crippen LogP contribution in [-0.2, 0) is 11.2 Å². The Hall–Kier alpha value is -2.21. The fraction of sp³-hybridized carbons (Fsp3) is 0.143. The van der Waals surface area contributed by atoms with Gasteiger partial charge in [0.25, 0.3) is 0 Å². The first-order chi connectivity index (χ1) is 11.0. The lowest BCUT2D eigenvalue weighted by molar-refractivity contribution is 0.601. The van der Waals surface area contributed by atoms with E-state index in [0.717, 1.165) is 27.2 Å². The van der Waals surface area contributed by atoms with Crippen molar-refractivity contribution in [3.63, 3.8) is 0 Å². The molecule has 23 heavy (non-hydrogen) atoms. The lowest BCUT2D eigenvalue weighted by atomic mass is 9.99. The maximum absolute atomic E-state index is 11.5. The van der Waals surface area contributed by atoms with Crippen molar-refractivity contribution in [2.45, 2.75) is 18.7 Å². The van der Waals surface area contributed by atoms with E-state index in [-0.39, 0.29) is 0 Å². The molecule has 0 amide bonds. The summed E-state index contributed by atoms with van der Waals surface area (Å²) in [7, 11) is 0. The average molecular weight is 318 g/mol. The van der Waals surface area contributed by atoms with Gasteiger partial charge >= 0.3 is 0 Å². The van der Waals surface area contributed by atoms with Crippen molar-refractivity contribution in [3.8, 4) is 12.3 Å². The van der Waals surface area contributed by atoms with E-state index in [9.17, 15) is 4.55 Å². The minimum atomic E-state index is -0.951. The van der Waals surface area contributed by atoms with E-state index in [1.165, 1.54) is 16.7 Å². The Morgan fingerprint density at radius 2 is 1.74 bits per heavy atom. The van der Waals surface area contributed by atoms with Crippen molar-refractivity contribution in [2.75, 3.05) is 6.26 Å². The molecule has 0 aliphatic heterocycles. The van der Waals surface area contributed by atoms with E-state index in [1.807, 2.05) is 24.3 Å². The van der Waals surface area contributed by atoms with Crippen molar-refractivity contribution < 1.29 is 4.55 Å². The van der Waals surface area contributed by atoms with Gasteiger partial charge < -0.3 is 4.55 Å². The third-order valence-corrected chi connectivity index (χ3v) is 5.12. The zero-order valence-corrected chi connectivity index (χ0v) is 14.3. The molecule has 3 rings (SSSR count). The molecule has 0 heterocycles. The first kappa shape index (κ1) is 15.7. The van der Waals surface area contributed by atoms with Crippen molar-refractivity contribution >= 4 is 28.4 Å². The maximum Gasteiger partial charge on any atom is 0.152 e. The van der Waals surface area contributed by atoms with Gasteiger partial charge in [-0.25, -0.2) is 0 Å². The second-order valence-electron chi connectivity index (χ2n) is 5.77. The van der Waals surface area contributed by atoms with E-state index in [0.29, 0.717) is 0 Å². The molecule has 0 aromatic heterocycles. The smallest absolute Gasteiger partial charge is 0.152 e. The normalized spacial score (nSPS) is 16.4. The van der Waals surface area contributed by atoms with Crippen LogP contribution < -0.4 is 0 Å². The summed E-state index contributed by atoms with van der Waals surface area (Å²) >= 11 is -0.951. The Morgan fingerprint density at radius 1 is 1.04 bits per heavy atom. The molecule has 1 unspecified atom stereocenters. The number of benzene rings is 2. The Balaban J connectivity index is 2.10. The van der Waals surface area contributed by atoms with E-state index < -0.39 is 11.2 Å². The summed E-state index contributed by atoms with van der Waals surface area (Å²) in [6, 6.07) is 14.2. The third kappa shape index (κ3) is 2.86. The maximum atomic E-state index is 11.5. The topological polar surface area (TPSA) is 23.1 Å². The molecular formula is C21H18OS. The molecule has 0 saturated carbocycles. The molecule has 0 radical (unpaired) electrons. The van der Waals surface area contributed by atoms with Gasteiger partial charge in [-0.3, -0.25) is 0 Å². The predicted molar refractivity (Wildman–Crippen MR) is 99.3 cm³/mol. The average Bonchev–Trinajstić information content (AvgIpc) is 2.79. The molecular weight excluding hydrogens is 300 g/mol. The molecule has 0 fully saturated rings. The minimum absolute atomic E-state index is 0.839. The van der Waals surface area contributed by atoms with Crippen LogP contribution >= 0.6 is 0 Å². The molecule has 0 spiro atoms. The van der Waals surface area contributed by atoms with E-state index in [2.05, 4.69) is 44.0 Å². The first-order valence-corrected chi connectivity index (χ1v) is 9.01. The summed E-state index contributed by atoms with van der Waals surface area (Å²) < 4.78 is 11.5. The molecule has 1 nitrogen and oxygen atoms in total. The molecule has 1 atom stereocenters. The van der Waals surface area contributed by atoms with Crippen LogP contribution in [0.25, 0.3) is 17.2 Å². The summed E-state index contributed by atoms with van der Waals surface area (Å²) in [6.07, 6.45) is 9.57. The van der Waals surface area contributed by atoms with Crippen LogP contribution in [0.1, 0.15) is 29.2 Å². The van der Waals surface area contributed by atoms with Crippen molar-refractivity contribution in [1.29, 1.82) is 0 Å². The van der Waals surface area contributed by atoms with Crippen LogP contribution in [0.15, 0.2) is 52.9 Å².